The molecule has 3 heteroatoms. The Hall–Kier alpha value is -2.55. The quantitative estimate of drug-likeness (QED) is 0.843. The fourth-order valence-corrected chi connectivity index (χ4v) is 2.30. The van der Waals surface area contributed by atoms with Crippen molar-refractivity contribution in [1.82, 2.24) is 10.6 Å². The van der Waals surface area contributed by atoms with Crippen LogP contribution >= 0.6 is 0 Å². The molecule has 2 aromatic rings. The first kappa shape index (κ1) is 13.4. The van der Waals surface area contributed by atoms with Crippen molar-refractivity contribution in [2.75, 3.05) is 13.1 Å². The Bertz CT molecular complexity index is 645. The van der Waals surface area contributed by atoms with Gasteiger partial charge < -0.3 is 10.6 Å². The third-order valence-corrected chi connectivity index (χ3v) is 3.43. The third-order valence-electron chi connectivity index (χ3n) is 3.43. The number of nitrogens with zero attached hydrogens (tertiary/aromatic N) is 1. The fraction of sp³-hybridized carbons (Fsp3) is 0.167. The summed E-state index contributed by atoms with van der Waals surface area (Å²) in [5.41, 5.74) is 3.70. The molecule has 21 heavy (non-hydrogen) atoms. The first-order valence-electron chi connectivity index (χ1n) is 7.25. The van der Waals surface area contributed by atoms with Gasteiger partial charge in [-0.3, -0.25) is 4.99 Å². The van der Waals surface area contributed by atoms with Gasteiger partial charge in [-0.25, -0.2) is 0 Å². The molecule has 0 radical (unpaired) electrons. The summed E-state index contributed by atoms with van der Waals surface area (Å²) < 4.78 is 0. The second-order valence-corrected chi connectivity index (χ2v) is 4.95. The van der Waals surface area contributed by atoms with Crippen molar-refractivity contribution in [3.63, 3.8) is 0 Å². The molecule has 1 heterocycles. The van der Waals surface area contributed by atoms with Crippen LogP contribution in [-0.2, 0) is 6.54 Å². The number of rotatable bonds is 4. The van der Waals surface area contributed by atoms with E-state index < -0.39 is 0 Å². The molecule has 3 rings (SSSR count). The molecule has 0 bridgehead atoms. The second-order valence-electron chi connectivity index (χ2n) is 4.95. The number of guanidine groups is 1. The normalized spacial score (nSPS) is 14.0. The van der Waals surface area contributed by atoms with E-state index in [1.165, 1.54) is 16.7 Å². The van der Waals surface area contributed by atoms with Crippen LogP contribution in [0.25, 0.3) is 12.2 Å². The fourth-order valence-electron chi connectivity index (χ4n) is 2.30. The predicted molar refractivity (Wildman–Crippen MR) is 89.0 cm³/mol. The van der Waals surface area contributed by atoms with Crippen molar-refractivity contribution in [2.45, 2.75) is 6.54 Å². The van der Waals surface area contributed by atoms with Crippen LogP contribution in [-0.4, -0.2) is 19.0 Å². The molecule has 0 aromatic heterocycles. The monoisotopic (exact) mass is 277 g/mol. The van der Waals surface area contributed by atoms with E-state index in [0.717, 1.165) is 25.6 Å². The van der Waals surface area contributed by atoms with Crippen LogP contribution in [0.2, 0.25) is 0 Å². The first-order valence-corrected chi connectivity index (χ1v) is 7.25. The highest BCUT2D eigenvalue weighted by molar-refractivity contribution is 5.81. The van der Waals surface area contributed by atoms with Crippen LogP contribution in [0.4, 0.5) is 0 Å². The summed E-state index contributed by atoms with van der Waals surface area (Å²) in [6, 6.07) is 18.8. The van der Waals surface area contributed by atoms with Gasteiger partial charge in [0, 0.05) is 13.1 Å². The van der Waals surface area contributed by atoms with Crippen molar-refractivity contribution in [1.29, 1.82) is 0 Å². The third kappa shape index (κ3) is 3.72. The maximum Gasteiger partial charge on any atom is 0.191 e. The topological polar surface area (TPSA) is 36.4 Å². The molecule has 1 aliphatic heterocycles. The lowest BCUT2D eigenvalue weighted by atomic mass is 10.1. The van der Waals surface area contributed by atoms with E-state index in [0.29, 0.717) is 0 Å². The average molecular weight is 277 g/mol. The average Bonchev–Trinajstić information content (AvgIpc) is 3.06. The summed E-state index contributed by atoms with van der Waals surface area (Å²) in [5.74, 6) is 0.900. The summed E-state index contributed by atoms with van der Waals surface area (Å²) in [6.45, 7) is 2.57. The summed E-state index contributed by atoms with van der Waals surface area (Å²) in [6.07, 6.45) is 4.31. The lowest BCUT2D eigenvalue weighted by molar-refractivity contribution is 0.866. The molecule has 106 valence electrons. The number of hydrogen-bond donors (Lipinski definition) is 2. The number of nitrogens with one attached hydrogen (secondary N) is 2. The summed E-state index contributed by atoms with van der Waals surface area (Å²) in [4.78, 5) is 4.35. The zero-order valence-corrected chi connectivity index (χ0v) is 11.9. The lowest BCUT2D eigenvalue weighted by Gasteiger charge is -2.09. The Labute approximate surface area is 125 Å². The molecule has 2 aromatic carbocycles. The molecular formula is C18H19N3. The van der Waals surface area contributed by atoms with E-state index in [1.54, 1.807) is 0 Å². The summed E-state index contributed by atoms with van der Waals surface area (Å²) >= 11 is 0. The van der Waals surface area contributed by atoms with E-state index in [1.807, 2.05) is 6.07 Å². The summed E-state index contributed by atoms with van der Waals surface area (Å²) in [5, 5.41) is 6.57. The van der Waals surface area contributed by atoms with E-state index >= 15 is 0 Å². The van der Waals surface area contributed by atoms with E-state index in [9.17, 15) is 0 Å². The highest BCUT2D eigenvalue weighted by atomic mass is 15.2. The maximum absolute atomic E-state index is 4.35. The van der Waals surface area contributed by atoms with Crippen molar-refractivity contribution < 1.29 is 0 Å². The molecule has 0 saturated carbocycles. The molecule has 0 fully saturated rings. The van der Waals surface area contributed by atoms with Gasteiger partial charge in [-0.1, -0.05) is 66.7 Å². The van der Waals surface area contributed by atoms with Gasteiger partial charge in [-0.05, 0) is 16.7 Å². The minimum absolute atomic E-state index is 0.779. The van der Waals surface area contributed by atoms with E-state index in [2.05, 4.69) is 76.3 Å². The Morgan fingerprint density at radius 1 is 1.00 bits per heavy atom. The molecule has 0 atom stereocenters. The molecular weight excluding hydrogens is 258 g/mol. The highest BCUT2D eigenvalue weighted by Crippen LogP contribution is 2.13. The minimum Gasteiger partial charge on any atom is -0.355 e. The number of aliphatic imine (C=N–C) groups is 1. The molecule has 3 nitrogen and oxygen atoms in total. The lowest BCUT2D eigenvalue weighted by Crippen LogP contribution is -2.33. The van der Waals surface area contributed by atoms with Crippen LogP contribution in [0.3, 0.4) is 0 Å². The van der Waals surface area contributed by atoms with Crippen LogP contribution < -0.4 is 10.6 Å². The Morgan fingerprint density at radius 3 is 2.62 bits per heavy atom. The molecule has 0 unspecified atom stereocenters. The SMILES string of the molecule is C(=Cc1ccccc1CNC1=NCCN1)c1ccccc1. The maximum atomic E-state index is 4.35. The molecule has 0 saturated heterocycles. The van der Waals surface area contributed by atoms with Crippen LogP contribution in [0.1, 0.15) is 16.7 Å². The Kier molecular flexibility index (Phi) is 4.32. The zero-order valence-electron chi connectivity index (χ0n) is 11.9. The summed E-state index contributed by atoms with van der Waals surface area (Å²) in [7, 11) is 0. The molecule has 0 amide bonds. The predicted octanol–water partition coefficient (Wildman–Crippen LogP) is 2.91. The van der Waals surface area contributed by atoms with Gasteiger partial charge in [0.05, 0.1) is 6.54 Å². The number of benzene rings is 2. The Balaban J connectivity index is 1.71. The van der Waals surface area contributed by atoms with Crippen LogP contribution in [0.15, 0.2) is 59.6 Å². The van der Waals surface area contributed by atoms with Crippen LogP contribution in [0, 0.1) is 0 Å². The van der Waals surface area contributed by atoms with Gasteiger partial charge in [0.2, 0.25) is 0 Å². The van der Waals surface area contributed by atoms with Gasteiger partial charge in [0.25, 0.3) is 0 Å². The van der Waals surface area contributed by atoms with Crippen molar-refractivity contribution in [3.8, 4) is 0 Å². The van der Waals surface area contributed by atoms with Gasteiger partial charge in [0.1, 0.15) is 0 Å². The van der Waals surface area contributed by atoms with Gasteiger partial charge in [-0.15, -0.1) is 0 Å². The standard InChI is InChI=1S/C18H19N3/c1-2-6-15(7-3-1)10-11-16-8-4-5-9-17(16)14-21-18-19-12-13-20-18/h1-11H,12-14H2,(H2,19,20,21). The second kappa shape index (κ2) is 6.75. The van der Waals surface area contributed by atoms with Crippen molar-refractivity contribution in [3.05, 3.63) is 71.3 Å². The number of hydrogen-bond acceptors (Lipinski definition) is 3. The highest BCUT2D eigenvalue weighted by Gasteiger charge is 2.05. The molecule has 0 aliphatic carbocycles. The zero-order chi connectivity index (χ0) is 14.3. The minimum atomic E-state index is 0.779. The van der Waals surface area contributed by atoms with Crippen LogP contribution in [0.5, 0.6) is 0 Å². The van der Waals surface area contributed by atoms with E-state index in [4.69, 9.17) is 0 Å². The first-order chi connectivity index (χ1) is 10.4. The Morgan fingerprint density at radius 2 is 1.81 bits per heavy atom. The molecule has 1 aliphatic rings. The van der Waals surface area contributed by atoms with Crippen molar-refractivity contribution in [2.24, 2.45) is 4.99 Å². The van der Waals surface area contributed by atoms with Gasteiger partial charge in [0.15, 0.2) is 5.96 Å². The smallest absolute Gasteiger partial charge is 0.191 e. The van der Waals surface area contributed by atoms with Crippen molar-refractivity contribution >= 4 is 18.1 Å². The molecule has 0 spiro atoms. The van der Waals surface area contributed by atoms with Gasteiger partial charge >= 0.3 is 0 Å². The largest absolute Gasteiger partial charge is 0.355 e. The van der Waals surface area contributed by atoms with Gasteiger partial charge in [-0.2, -0.15) is 0 Å². The van der Waals surface area contributed by atoms with E-state index in [-0.39, 0.29) is 0 Å². The molecule has 2 N–H and O–H groups in total.